The zero-order valence-corrected chi connectivity index (χ0v) is 12.0. The monoisotopic (exact) mass is 311 g/mol. The maximum absolute atomic E-state index is 12.9. The van der Waals surface area contributed by atoms with Crippen LogP contribution >= 0.6 is 0 Å². The summed E-state index contributed by atoms with van der Waals surface area (Å²) in [6.07, 6.45) is -7.11. The van der Waals surface area contributed by atoms with Gasteiger partial charge in [0.15, 0.2) is 6.04 Å². The number of carbonyl (C=O) groups excluding carboxylic acids is 3. The Labute approximate surface area is 119 Å². The molecule has 0 N–H and O–H groups in total. The number of nitrogens with zero attached hydrogens (tertiary/aromatic N) is 1. The highest BCUT2D eigenvalue weighted by Gasteiger charge is 2.59. The third-order valence-electron chi connectivity index (χ3n) is 2.78. The summed E-state index contributed by atoms with van der Waals surface area (Å²) in [5.74, 6) is -4.74. The number of halogens is 3. The lowest BCUT2D eigenvalue weighted by Crippen LogP contribution is -2.49. The Morgan fingerprint density at radius 1 is 1.24 bits per heavy atom. The lowest BCUT2D eigenvalue weighted by molar-refractivity contribution is -0.188. The molecule has 0 spiro atoms. The average molecular weight is 311 g/mol. The van der Waals surface area contributed by atoms with Crippen molar-refractivity contribution in [3.05, 3.63) is 0 Å². The quantitative estimate of drug-likeness (QED) is 0.691. The van der Waals surface area contributed by atoms with E-state index in [0.717, 1.165) is 7.11 Å². The first-order chi connectivity index (χ1) is 9.38. The predicted molar refractivity (Wildman–Crippen MR) is 63.0 cm³/mol. The van der Waals surface area contributed by atoms with Crippen LogP contribution in [0.2, 0.25) is 0 Å². The zero-order chi connectivity index (χ0) is 16.6. The molecule has 120 valence electrons. The lowest BCUT2D eigenvalue weighted by atomic mass is 10.00. The number of rotatable bonds is 1. The van der Waals surface area contributed by atoms with Gasteiger partial charge in [0.1, 0.15) is 5.60 Å². The van der Waals surface area contributed by atoms with E-state index in [0.29, 0.717) is 0 Å². The van der Waals surface area contributed by atoms with Crippen molar-refractivity contribution in [2.45, 2.75) is 45.0 Å². The van der Waals surface area contributed by atoms with Gasteiger partial charge in [0.25, 0.3) is 0 Å². The molecule has 0 aromatic carbocycles. The Morgan fingerprint density at radius 2 is 1.76 bits per heavy atom. The second-order valence-corrected chi connectivity index (χ2v) is 5.56. The maximum atomic E-state index is 12.9. The SMILES string of the molecule is COC(=O)[C@@H]1[C@@H](C(F)(F)F)CC(=O)N1C(=O)OC(C)(C)C. The topological polar surface area (TPSA) is 72.9 Å². The van der Waals surface area contributed by atoms with Crippen molar-refractivity contribution in [3.8, 4) is 0 Å². The van der Waals surface area contributed by atoms with Crippen LogP contribution in [0.15, 0.2) is 0 Å². The molecule has 1 aliphatic heterocycles. The standard InChI is InChI=1S/C12H16F3NO5/c1-11(2,3)21-10(19)16-7(17)5-6(12(13,14)15)8(16)9(18)20-4/h6,8H,5H2,1-4H3/t6-,8-/m0/s1. The van der Waals surface area contributed by atoms with Crippen LogP contribution in [0.25, 0.3) is 0 Å². The normalized spacial score (nSPS) is 23.2. The van der Waals surface area contributed by atoms with Crippen LogP contribution in [-0.2, 0) is 19.1 Å². The Bertz CT molecular complexity index is 455. The molecule has 0 radical (unpaired) electrons. The number of carbonyl (C=O) groups is 3. The third-order valence-corrected chi connectivity index (χ3v) is 2.78. The number of hydrogen-bond donors (Lipinski definition) is 0. The molecule has 0 aliphatic carbocycles. The predicted octanol–water partition coefficient (Wildman–Crippen LogP) is 1.87. The van der Waals surface area contributed by atoms with Gasteiger partial charge in [-0.3, -0.25) is 4.79 Å². The molecule has 2 atom stereocenters. The first-order valence-corrected chi connectivity index (χ1v) is 6.08. The molecule has 9 heteroatoms. The zero-order valence-electron chi connectivity index (χ0n) is 12.0. The van der Waals surface area contributed by atoms with E-state index in [-0.39, 0.29) is 4.90 Å². The summed E-state index contributed by atoms with van der Waals surface area (Å²) < 4.78 is 47.9. The van der Waals surface area contributed by atoms with Crippen molar-refractivity contribution in [1.29, 1.82) is 0 Å². The molecule has 0 bridgehead atoms. The first kappa shape index (κ1) is 17.3. The van der Waals surface area contributed by atoms with Crippen LogP contribution in [0.1, 0.15) is 27.2 Å². The van der Waals surface area contributed by atoms with Crippen molar-refractivity contribution in [2.75, 3.05) is 7.11 Å². The van der Waals surface area contributed by atoms with Gasteiger partial charge in [0.2, 0.25) is 5.91 Å². The molecular weight excluding hydrogens is 295 g/mol. The van der Waals surface area contributed by atoms with Crippen molar-refractivity contribution in [3.63, 3.8) is 0 Å². The molecule has 1 heterocycles. The largest absolute Gasteiger partial charge is 0.467 e. The molecule has 1 aliphatic rings. The molecule has 1 rings (SSSR count). The number of alkyl halides is 3. The minimum Gasteiger partial charge on any atom is -0.467 e. The molecule has 0 aromatic rings. The first-order valence-electron chi connectivity index (χ1n) is 6.08. The Balaban J connectivity index is 3.13. The van der Waals surface area contributed by atoms with E-state index in [1.54, 1.807) is 0 Å². The van der Waals surface area contributed by atoms with Crippen molar-refractivity contribution in [1.82, 2.24) is 4.90 Å². The summed E-state index contributed by atoms with van der Waals surface area (Å²) in [6.45, 7) is 4.46. The van der Waals surface area contributed by atoms with Crippen LogP contribution in [0.5, 0.6) is 0 Å². The van der Waals surface area contributed by atoms with E-state index >= 15 is 0 Å². The number of imide groups is 1. The van der Waals surface area contributed by atoms with Crippen LogP contribution in [-0.4, -0.2) is 47.8 Å². The van der Waals surface area contributed by atoms with Crippen LogP contribution in [0.4, 0.5) is 18.0 Å². The third kappa shape index (κ3) is 3.85. The van der Waals surface area contributed by atoms with E-state index in [9.17, 15) is 27.6 Å². The van der Waals surface area contributed by atoms with E-state index < -0.39 is 48.1 Å². The molecule has 21 heavy (non-hydrogen) atoms. The van der Waals surface area contributed by atoms with Gasteiger partial charge >= 0.3 is 18.2 Å². The van der Waals surface area contributed by atoms with Gasteiger partial charge < -0.3 is 9.47 Å². The van der Waals surface area contributed by atoms with Crippen LogP contribution < -0.4 is 0 Å². The fourth-order valence-corrected chi connectivity index (χ4v) is 1.94. The summed E-state index contributed by atoms with van der Waals surface area (Å²) >= 11 is 0. The van der Waals surface area contributed by atoms with Gasteiger partial charge in [0.05, 0.1) is 13.0 Å². The van der Waals surface area contributed by atoms with Crippen molar-refractivity contribution in [2.24, 2.45) is 5.92 Å². The van der Waals surface area contributed by atoms with Gasteiger partial charge in [0, 0.05) is 6.42 Å². The summed E-state index contributed by atoms with van der Waals surface area (Å²) in [5, 5.41) is 0. The number of esters is 1. The lowest BCUT2D eigenvalue weighted by Gasteiger charge is -2.28. The Hall–Kier alpha value is -1.80. The van der Waals surface area contributed by atoms with Crippen molar-refractivity contribution < 1.29 is 37.0 Å². The summed E-state index contributed by atoms with van der Waals surface area (Å²) in [6, 6.07) is -2.06. The minimum absolute atomic E-state index is 0.190. The molecule has 2 amide bonds. The highest BCUT2D eigenvalue weighted by atomic mass is 19.4. The number of likely N-dealkylation sites (tertiary alicyclic amines) is 1. The molecule has 0 saturated carbocycles. The molecule has 6 nitrogen and oxygen atoms in total. The number of methoxy groups -OCH3 is 1. The highest BCUT2D eigenvalue weighted by Crippen LogP contribution is 2.39. The molecule has 0 unspecified atom stereocenters. The van der Waals surface area contributed by atoms with Crippen LogP contribution in [0, 0.1) is 5.92 Å². The number of hydrogen-bond acceptors (Lipinski definition) is 5. The van der Waals surface area contributed by atoms with Gasteiger partial charge in [-0.15, -0.1) is 0 Å². The second kappa shape index (κ2) is 5.53. The number of ether oxygens (including phenoxy) is 2. The fraction of sp³-hybridized carbons (Fsp3) is 0.750. The minimum atomic E-state index is -4.81. The van der Waals surface area contributed by atoms with E-state index in [4.69, 9.17) is 4.74 Å². The van der Waals surface area contributed by atoms with Crippen molar-refractivity contribution >= 4 is 18.0 Å². The highest BCUT2D eigenvalue weighted by molar-refractivity contribution is 6.00. The fourth-order valence-electron chi connectivity index (χ4n) is 1.94. The van der Waals surface area contributed by atoms with E-state index in [2.05, 4.69) is 4.74 Å². The smallest absolute Gasteiger partial charge is 0.417 e. The Kier molecular flexibility index (Phi) is 4.54. The van der Waals surface area contributed by atoms with Gasteiger partial charge in [-0.1, -0.05) is 0 Å². The molecular formula is C12H16F3NO5. The number of amides is 2. The summed E-state index contributed by atoms with van der Waals surface area (Å²) in [5.41, 5.74) is -1.02. The van der Waals surface area contributed by atoms with Gasteiger partial charge in [-0.2, -0.15) is 13.2 Å². The Morgan fingerprint density at radius 3 is 2.14 bits per heavy atom. The second-order valence-electron chi connectivity index (χ2n) is 5.56. The van der Waals surface area contributed by atoms with E-state index in [1.807, 2.05) is 0 Å². The van der Waals surface area contributed by atoms with Gasteiger partial charge in [-0.25, -0.2) is 14.5 Å². The maximum Gasteiger partial charge on any atom is 0.417 e. The van der Waals surface area contributed by atoms with Crippen LogP contribution in [0.3, 0.4) is 0 Å². The summed E-state index contributed by atoms with van der Waals surface area (Å²) in [4.78, 5) is 35.4. The molecule has 1 fully saturated rings. The van der Waals surface area contributed by atoms with Gasteiger partial charge in [-0.05, 0) is 20.8 Å². The molecule has 1 saturated heterocycles. The molecule has 0 aromatic heterocycles. The average Bonchev–Trinajstić information content (AvgIpc) is 2.63. The summed E-state index contributed by atoms with van der Waals surface area (Å²) in [7, 11) is 0.881. The van der Waals surface area contributed by atoms with E-state index in [1.165, 1.54) is 20.8 Å².